The van der Waals surface area contributed by atoms with Gasteiger partial charge in [-0.1, -0.05) is 30.3 Å². The van der Waals surface area contributed by atoms with Crippen molar-refractivity contribution in [3.8, 4) is 0 Å². The molecule has 112 valence electrons. The molecular formula is C16H21N3O2. The molecule has 1 unspecified atom stereocenters. The van der Waals surface area contributed by atoms with Crippen molar-refractivity contribution in [2.45, 2.75) is 26.0 Å². The number of aliphatic hydroxyl groups is 1. The number of hydrogen-bond donors (Lipinski definition) is 2. The monoisotopic (exact) mass is 287 g/mol. The van der Waals surface area contributed by atoms with Gasteiger partial charge in [-0.25, -0.2) is 4.98 Å². The highest BCUT2D eigenvalue weighted by Gasteiger charge is 2.09. The Labute approximate surface area is 124 Å². The molecule has 0 aliphatic rings. The molecule has 0 aliphatic heterocycles. The van der Waals surface area contributed by atoms with Gasteiger partial charge in [0.05, 0.1) is 11.8 Å². The van der Waals surface area contributed by atoms with Crippen LogP contribution in [0.3, 0.4) is 0 Å². The lowest BCUT2D eigenvalue weighted by molar-refractivity contribution is 0.147. The smallest absolute Gasteiger partial charge is 0.251 e. The van der Waals surface area contributed by atoms with Crippen molar-refractivity contribution in [3.05, 3.63) is 63.8 Å². The lowest BCUT2D eigenvalue weighted by atomic mass is 10.1. The first-order valence-corrected chi connectivity index (χ1v) is 7.03. The maximum atomic E-state index is 11.4. The highest BCUT2D eigenvalue weighted by atomic mass is 16.3. The SMILES string of the molecule is Cc1nc(CN(C)CCC(O)c2ccccc2)cc(=O)[nH]1. The van der Waals surface area contributed by atoms with Crippen molar-refractivity contribution >= 4 is 0 Å². The summed E-state index contributed by atoms with van der Waals surface area (Å²) in [7, 11) is 1.95. The first kappa shape index (κ1) is 15.4. The van der Waals surface area contributed by atoms with Crippen molar-refractivity contribution in [1.82, 2.24) is 14.9 Å². The molecule has 1 heterocycles. The van der Waals surface area contributed by atoms with Crippen LogP contribution in [0, 0.1) is 6.92 Å². The van der Waals surface area contributed by atoms with Gasteiger partial charge in [0.2, 0.25) is 0 Å². The molecule has 0 saturated carbocycles. The Kier molecular flexibility index (Phi) is 5.25. The topological polar surface area (TPSA) is 69.2 Å². The largest absolute Gasteiger partial charge is 0.388 e. The molecule has 2 rings (SSSR count). The quantitative estimate of drug-likeness (QED) is 0.847. The van der Waals surface area contributed by atoms with E-state index in [4.69, 9.17) is 0 Å². The van der Waals surface area contributed by atoms with Crippen LogP contribution in [0.15, 0.2) is 41.2 Å². The zero-order chi connectivity index (χ0) is 15.2. The number of nitrogens with zero attached hydrogens (tertiary/aromatic N) is 2. The molecule has 5 nitrogen and oxygen atoms in total. The van der Waals surface area contributed by atoms with Crippen LogP contribution >= 0.6 is 0 Å². The Balaban J connectivity index is 1.87. The van der Waals surface area contributed by atoms with Gasteiger partial charge in [0.25, 0.3) is 5.56 Å². The first-order valence-electron chi connectivity index (χ1n) is 7.03. The maximum absolute atomic E-state index is 11.4. The second-order valence-corrected chi connectivity index (χ2v) is 5.28. The Morgan fingerprint density at radius 2 is 2.05 bits per heavy atom. The van der Waals surface area contributed by atoms with Crippen molar-refractivity contribution < 1.29 is 5.11 Å². The van der Waals surface area contributed by atoms with Gasteiger partial charge in [-0.15, -0.1) is 0 Å². The second kappa shape index (κ2) is 7.15. The van der Waals surface area contributed by atoms with E-state index >= 15 is 0 Å². The molecule has 0 saturated heterocycles. The molecular weight excluding hydrogens is 266 g/mol. The maximum Gasteiger partial charge on any atom is 0.251 e. The van der Waals surface area contributed by atoms with E-state index in [2.05, 4.69) is 9.97 Å². The van der Waals surface area contributed by atoms with Gasteiger partial charge in [0, 0.05) is 19.2 Å². The summed E-state index contributed by atoms with van der Waals surface area (Å²) in [5, 5.41) is 10.1. The van der Waals surface area contributed by atoms with E-state index in [-0.39, 0.29) is 5.56 Å². The fraction of sp³-hybridized carbons (Fsp3) is 0.375. The second-order valence-electron chi connectivity index (χ2n) is 5.28. The van der Waals surface area contributed by atoms with Crippen LogP contribution < -0.4 is 5.56 Å². The van der Waals surface area contributed by atoms with Gasteiger partial charge in [-0.3, -0.25) is 4.79 Å². The number of rotatable bonds is 6. The summed E-state index contributed by atoms with van der Waals surface area (Å²) < 4.78 is 0. The van der Waals surface area contributed by atoms with Gasteiger partial charge in [0.1, 0.15) is 5.82 Å². The average Bonchev–Trinajstić information content (AvgIpc) is 2.44. The summed E-state index contributed by atoms with van der Waals surface area (Å²) in [6.07, 6.45) is 0.172. The van der Waals surface area contributed by atoms with Crippen molar-refractivity contribution in [2.24, 2.45) is 0 Å². The Morgan fingerprint density at radius 3 is 2.71 bits per heavy atom. The number of nitrogens with one attached hydrogen (secondary N) is 1. The van der Waals surface area contributed by atoms with Crippen LogP contribution in [-0.2, 0) is 6.54 Å². The summed E-state index contributed by atoms with van der Waals surface area (Å²) in [5.41, 5.74) is 1.54. The molecule has 2 aromatic rings. The van der Waals surface area contributed by atoms with Gasteiger partial charge in [0.15, 0.2) is 0 Å². The fourth-order valence-corrected chi connectivity index (χ4v) is 2.26. The molecule has 0 amide bonds. The summed E-state index contributed by atoms with van der Waals surface area (Å²) in [6, 6.07) is 11.1. The molecule has 0 aliphatic carbocycles. The van der Waals surface area contributed by atoms with Crippen LogP contribution in [0.1, 0.15) is 29.6 Å². The van der Waals surface area contributed by atoms with Crippen LogP contribution in [0.4, 0.5) is 0 Å². The Morgan fingerprint density at radius 1 is 1.33 bits per heavy atom. The standard InChI is InChI=1S/C16H21N3O2/c1-12-17-14(10-16(21)18-12)11-19(2)9-8-15(20)13-6-4-3-5-7-13/h3-7,10,15,20H,8-9,11H2,1-2H3,(H,17,18,21). The highest BCUT2D eigenvalue weighted by molar-refractivity contribution is 5.17. The predicted molar refractivity (Wildman–Crippen MR) is 81.9 cm³/mol. The number of H-pyrrole nitrogens is 1. The van der Waals surface area contributed by atoms with E-state index in [0.717, 1.165) is 17.8 Å². The van der Waals surface area contributed by atoms with Crippen molar-refractivity contribution in [2.75, 3.05) is 13.6 Å². The molecule has 0 fully saturated rings. The molecule has 0 radical (unpaired) electrons. The third kappa shape index (κ3) is 4.81. The number of aryl methyl sites for hydroxylation is 1. The van der Waals surface area contributed by atoms with Crippen molar-refractivity contribution in [1.29, 1.82) is 0 Å². The first-order chi connectivity index (χ1) is 10.0. The summed E-state index contributed by atoms with van der Waals surface area (Å²) >= 11 is 0. The number of aromatic nitrogens is 2. The molecule has 1 aromatic carbocycles. The predicted octanol–water partition coefficient (Wildman–Crippen LogP) is 1.63. The van der Waals surface area contributed by atoms with E-state index in [1.54, 1.807) is 6.92 Å². The minimum absolute atomic E-state index is 0.129. The molecule has 21 heavy (non-hydrogen) atoms. The molecule has 5 heteroatoms. The minimum atomic E-state index is -0.470. The number of benzene rings is 1. The Bertz CT molecular complexity index is 625. The van der Waals surface area contributed by atoms with Crippen LogP contribution in [0.2, 0.25) is 0 Å². The highest BCUT2D eigenvalue weighted by Crippen LogP contribution is 2.16. The normalized spacial score (nSPS) is 12.6. The molecule has 2 N–H and O–H groups in total. The zero-order valence-electron chi connectivity index (χ0n) is 12.4. The van der Waals surface area contributed by atoms with Gasteiger partial charge in [-0.05, 0) is 26.0 Å². The van der Waals surface area contributed by atoms with Crippen LogP contribution in [-0.4, -0.2) is 33.6 Å². The van der Waals surface area contributed by atoms with Crippen LogP contribution in [0.25, 0.3) is 0 Å². The third-order valence-corrected chi connectivity index (χ3v) is 3.31. The molecule has 1 aromatic heterocycles. The lowest BCUT2D eigenvalue weighted by Crippen LogP contribution is -2.23. The third-order valence-electron chi connectivity index (χ3n) is 3.31. The number of aromatic amines is 1. The Hall–Kier alpha value is -1.98. The van der Waals surface area contributed by atoms with Crippen LogP contribution in [0.5, 0.6) is 0 Å². The number of hydrogen-bond acceptors (Lipinski definition) is 4. The fourth-order valence-electron chi connectivity index (χ4n) is 2.26. The van der Waals surface area contributed by atoms with E-state index in [1.807, 2.05) is 42.3 Å². The van der Waals surface area contributed by atoms with Gasteiger partial charge < -0.3 is 15.0 Å². The van der Waals surface area contributed by atoms with E-state index in [9.17, 15) is 9.90 Å². The van der Waals surface area contributed by atoms with E-state index < -0.39 is 6.10 Å². The lowest BCUT2D eigenvalue weighted by Gasteiger charge is -2.18. The summed E-state index contributed by atoms with van der Waals surface area (Å²) in [5.74, 6) is 0.621. The van der Waals surface area contributed by atoms with Gasteiger partial charge in [-0.2, -0.15) is 0 Å². The average molecular weight is 287 g/mol. The molecule has 1 atom stereocenters. The number of aliphatic hydroxyl groups excluding tert-OH is 1. The summed E-state index contributed by atoms with van der Waals surface area (Å²) in [4.78, 5) is 20.4. The van der Waals surface area contributed by atoms with E-state index in [1.165, 1.54) is 6.07 Å². The van der Waals surface area contributed by atoms with Crippen molar-refractivity contribution in [3.63, 3.8) is 0 Å². The summed E-state index contributed by atoms with van der Waals surface area (Å²) in [6.45, 7) is 3.08. The molecule has 0 bridgehead atoms. The molecule has 0 spiro atoms. The zero-order valence-corrected chi connectivity index (χ0v) is 12.4. The van der Waals surface area contributed by atoms with Gasteiger partial charge >= 0.3 is 0 Å². The van der Waals surface area contributed by atoms with E-state index in [0.29, 0.717) is 18.8 Å². The minimum Gasteiger partial charge on any atom is -0.388 e.